The molecule has 1 atom stereocenters. The first kappa shape index (κ1) is 13.5. The van der Waals surface area contributed by atoms with E-state index in [9.17, 15) is 9.59 Å². The third-order valence-electron chi connectivity index (χ3n) is 2.93. The van der Waals surface area contributed by atoms with Crippen molar-refractivity contribution >= 4 is 23.5 Å². The van der Waals surface area contributed by atoms with Crippen LogP contribution in [0.1, 0.15) is 12.5 Å². The molecular formula is C14H14N2O2S. The van der Waals surface area contributed by atoms with Crippen molar-refractivity contribution in [3.05, 3.63) is 48.3 Å². The maximum atomic E-state index is 11.4. The van der Waals surface area contributed by atoms with E-state index >= 15 is 0 Å². The fraction of sp³-hybridized carbons (Fsp3) is 0.214. The zero-order chi connectivity index (χ0) is 13.8. The minimum Gasteiger partial charge on any atom is -0.299 e. The third-order valence-corrected chi connectivity index (χ3v) is 3.25. The smallest absolute Gasteiger partial charge is 0.196 e. The molecule has 0 N–H and O–H groups in total. The Kier molecular flexibility index (Phi) is 4.16. The van der Waals surface area contributed by atoms with E-state index in [1.54, 1.807) is 10.9 Å². The van der Waals surface area contributed by atoms with Crippen LogP contribution in [0.4, 0.5) is 0 Å². The average molecular weight is 274 g/mol. The molecule has 0 amide bonds. The number of carbonyl (C=O) groups is 2. The second kappa shape index (κ2) is 5.84. The summed E-state index contributed by atoms with van der Waals surface area (Å²) in [6, 6.07) is 9.44. The van der Waals surface area contributed by atoms with Crippen molar-refractivity contribution in [3.63, 3.8) is 0 Å². The van der Waals surface area contributed by atoms with E-state index in [1.807, 2.05) is 36.5 Å². The topological polar surface area (TPSA) is 52.0 Å². The van der Waals surface area contributed by atoms with Crippen LogP contribution in [-0.2, 0) is 16.0 Å². The number of ketones is 1. The molecule has 0 fully saturated rings. The predicted octanol–water partition coefficient (Wildman–Crippen LogP) is 2.08. The molecule has 0 aliphatic carbocycles. The number of nitrogens with zero attached hydrogens (tertiary/aromatic N) is 2. The lowest BCUT2D eigenvalue weighted by Crippen LogP contribution is -2.20. The van der Waals surface area contributed by atoms with Gasteiger partial charge in [0.05, 0.1) is 11.6 Å². The SMILES string of the molecule is CC(=O)C(Cc1ccc(-n2cccn2)cc1)C(=O)S. The molecule has 0 bridgehead atoms. The summed E-state index contributed by atoms with van der Waals surface area (Å²) in [7, 11) is 0. The van der Waals surface area contributed by atoms with Gasteiger partial charge >= 0.3 is 0 Å². The Morgan fingerprint density at radius 3 is 2.47 bits per heavy atom. The summed E-state index contributed by atoms with van der Waals surface area (Å²) < 4.78 is 1.75. The highest BCUT2D eigenvalue weighted by atomic mass is 32.1. The molecule has 0 aliphatic rings. The summed E-state index contributed by atoms with van der Waals surface area (Å²) in [6.45, 7) is 1.41. The van der Waals surface area contributed by atoms with Crippen LogP contribution in [0.25, 0.3) is 5.69 Å². The first-order valence-corrected chi connectivity index (χ1v) is 6.35. The van der Waals surface area contributed by atoms with Gasteiger partial charge in [-0.05, 0) is 37.1 Å². The zero-order valence-corrected chi connectivity index (χ0v) is 11.4. The number of rotatable bonds is 5. The second-order valence-electron chi connectivity index (χ2n) is 4.32. The van der Waals surface area contributed by atoms with E-state index in [-0.39, 0.29) is 10.9 Å². The van der Waals surface area contributed by atoms with Crippen LogP contribution < -0.4 is 0 Å². The molecule has 2 aromatic rings. The fourth-order valence-electron chi connectivity index (χ4n) is 1.85. The zero-order valence-electron chi connectivity index (χ0n) is 10.5. The number of carbonyl (C=O) groups excluding carboxylic acids is 2. The van der Waals surface area contributed by atoms with Crippen LogP contribution >= 0.6 is 12.6 Å². The highest BCUT2D eigenvalue weighted by Crippen LogP contribution is 2.15. The average Bonchev–Trinajstić information content (AvgIpc) is 2.89. The van der Waals surface area contributed by atoms with Crippen molar-refractivity contribution in [1.29, 1.82) is 0 Å². The van der Waals surface area contributed by atoms with Gasteiger partial charge < -0.3 is 0 Å². The fourth-order valence-corrected chi connectivity index (χ4v) is 2.12. The quantitative estimate of drug-likeness (QED) is 0.671. The van der Waals surface area contributed by atoms with Crippen molar-refractivity contribution < 1.29 is 9.59 Å². The van der Waals surface area contributed by atoms with Gasteiger partial charge in [0.15, 0.2) is 5.12 Å². The molecule has 0 spiro atoms. The van der Waals surface area contributed by atoms with Crippen molar-refractivity contribution in [3.8, 4) is 5.69 Å². The second-order valence-corrected chi connectivity index (χ2v) is 4.76. The molecule has 19 heavy (non-hydrogen) atoms. The Labute approximate surface area is 116 Å². The third kappa shape index (κ3) is 3.32. The number of aromatic nitrogens is 2. The normalized spacial score (nSPS) is 12.1. The van der Waals surface area contributed by atoms with Gasteiger partial charge in [0.1, 0.15) is 5.78 Å². The minimum absolute atomic E-state index is 0.156. The Balaban J connectivity index is 2.15. The molecule has 1 unspecified atom stereocenters. The van der Waals surface area contributed by atoms with E-state index in [0.29, 0.717) is 6.42 Å². The Bertz CT molecular complexity index is 562. The monoisotopic (exact) mass is 274 g/mol. The molecule has 0 radical (unpaired) electrons. The molecule has 98 valence electrons. The van der Waals surface area contributed by atoms with Gasteiger partial charge in [-0.2, -0.15) is 5.10 Å². The van der Waals surface area contributed by atoms with E-state index in [1.165, 1.54) is 6.92 Å². The van der Waals surface area contributed by atoms with Gasteiger partial charge in [0, 0.05) is 12.4 Å². The first-order valence-electron chi connectivity index (χ1n) is 5.90. The Hall–Kier alpha value is -1.88. The number of Topliss-reactive ketones (excluding diaryl/α,β-unsaturated/α-hetero) is 1. The molecule has 4 nitrogen and oxygen atoms in total. The standard InChI is InChI=1S/C14H14N2O2S/c1-10(17)13(14(18)19)9-11-3-5-12(6-4-11)16-8-2-7-15-16/h2-8,13H,9H2,1H3,(H,18,19). The largest absolute Gasteiger partial charge is 0.299 e. The highest BCUT2D eigenvalue weighted by Gasteiger charge is 2.20. The predicted molar refractivity (Wildman–Crippen MR) is 75.4 cm³/mol. The maximum Gasteiger partial charge on any atom is 0.196 e. The van der Waals surface area contributed by atoms with Crippen LogP contribution in [0.3, 0.4) is 0 Å². The van der Waals surface area contributed by atoms with Crippen molar-refractivity contribution in [2.24, 2.45) is 5.92 Å². The molecule has 1 aromatic heterocycles. The number of hydrogen-bond donors (Lipinski definition) is 1. The molecule has 5 heteroatoms. The van der Waals surface area contributed by atoms with Crippen molar-refractivity contribution in [1.82, 2.24) is 9.78 Å². The van der Waals surface area contributed by atoms with Crippen LogP contribution in [0.15, 0.2) is 42.7 Å². The lowest BCUT2D eigenvalue weighted by Gasteiger charge is -2.10. The highest BCUT2D eigenvalue weighted by molar-refractivity contribution is 7.96. The first-order chi connectivity index (χ1) is 9.08. The van der Waals surface area contributed by atoms with E-state index < -0.39 is 5.92 Å². The van der Waals surface area contributed by atoms with Gasteiger partial charge in [-0.3, -0.25) is 9.59 Å². The Morgan fingerprint density at radius 1 is 1.32 bits per heavy atom. The van der Waals surface area contributed by atoms with Crippen molar-refractivity contribution in [2.45, 2.75) is 13.3 Å². The minimum atomic E-state index is -0.668. The lowest BCUT2D eigenvalue weighted by atomic mass is 9.97. The molecule has 2 rings (SSSR count). The maximum absolute atomic E-state index is 11.4. The van der Waals surface area contributed by atoms with Gasteiger partial charge in [0.25, 0.3) is 0 Å². The van der Waals surface area contributed by atoms with E-state index in [0.717, 1.165) is 11.3 Å². The van der Waals surface area contributed by atoms with Crippen LogP contribution in [0, 0.1) is 5.92 Å². The van der Waals surface area contributed by atoms with E-state index in [2.05, 4.69) is 17.7 Å². The summed E-state index contributed by atoms with van der Waals surface area (Å²) >= 11 is 3.76. The van der Waals surface area contributed by atoms with Gasteiger partial charge in [-0.1, -0.05) is 12.1 Å². The van der Waals surface area contributed by atoms with Crippen LogP contribution in [0.2, 0.25) is 0 Å². The molecule has 1 heterocycles. The summed E-state index contributed by atoms with van der Waals surface area (Å²) in [5.41, 5.74) is 1.86. The lowest BCUT2D eigenvalue weighted by molar-refractivity contribution is -0.126. The summed E-state index contributed by atoms with van der Waals surface area (Å²) in [6.07, 6.45) is 3.95. The summed E-state index contributed by atoms with van der Waals surface area (Å²) in [4.78, 5) is 22.6. The Morgan fingerprint density at radius 2 is 2.00 bits per heavy atom. The molecule has 1 aromatic carbocycles. The summed E-state index contributed by atoms with van der Waals surface area (Å²) in [5, 5.41) is 3.74. The molecule has 0 saturated carbocycles. The van der Waals surface area contributed by atoms with Gasteiger partial charge in [-0.15, -0.1) is 12.6 Å². The van der Waals surface area contributed by atoms with E-state index in [4.69, 9.17) is 0 Å². The number of thiol groups is 1. The van der Waals surface area contributed by atoms with Crippen LogP contribution in [-0.4, -0.2) is 20.7 Å². The summed E-state index contributed by atoms with van der Waals surface area (Å²) in [5.74, 6) is -0.824. The number of benzene rings is 1. The molecular weight excluding hydrogens is 260 g/mol. The number of hydrogen-bond acceptors (Lipinski definition) is 3. The molecule has 0 saturated heterocycles. The van der Waals surface area contributed by atoms with Crippen LogP contribution in [0.5, 0.6) is 0 Å². The van der Waals surface area contributed by atoms with Gasteiger partial charge in [-0.25, -0.2) is 4.68 Å². The molecule has 0 aliphatic heterocycles. The van der Waals surface area contributed by atoms with Gasteiger partial charge in [0.2, 0.25) is 0 Å². The van der Waals surface area contributed by atoms with Crippen molar-refractivity contribution in [2.75, 3.05) is 0 Å².